The van der Waals surface area contributed by atoms with Gasteiger partial charge < -0.3 is 9.15 Å². The van der Waals surface area contributed by atoms with Gasteiger partial charge in [0, 0.05) is 17.5 Å². The summed E-state index contributed by atoms with van der Waals surface area (Å²) in [6.45, 7) is 1.74. The van der Waals surface area contributed by atoms with Crippen LogP contribution >= 0.6 is 11.6 Å². The van der Waals surface area contributed by atoms with E-state index in [9.17, 15) is 4.79 Å². The molecular formula is C14H11ClO3. The van der Waals surface area contributed by atoms with Crippen molar-refractivity contribution in [3.63, 3.8) is 0 Å². The molecule has 0 spiro atoms. The van der Waals surface area contributed by atoms with E-state index in [4.69, 9.17) is 20.8 Å². The Morgan fingerprint density at radius 3 is 2.72 bits per heavy atom. The highest BCUT2D eigenvalue weighted by molar-refractivity contribution is 6.30. The topological polar surface area (TPSA) is 39.4 Å². The lowest BCUT2D eigenvalue weighted by Crippen LogP contribution is -2.06. The van der Waals surface area contributed by atoms with E-state index in [0.717, 1.165) is 5.56 Å². The highest BCUT2D eigenvalue weighted by atomic mass is 35.5. The van der Waals surface area contributed by atoms with E-state index < -0.39 is 0 Å². The molecule has 0 amide bonds. The van der Waals surface area contributed by atoms with Crippen LogP contribution in [0.5, 0.6) is 5.75 Å². The first kappa shape index (κ1) is 11.4. The van der Waals surface area contributed by atoms with Gasteiger partial charge in [0.2, 0.25) is 0 Å². The van der Waals surface area contributed by atoms with Crippen LogP contribution in [0.3, 0.4) is 0 Å². The van der Waals surface area contributed by atoms with Crippen LogP contribution in [0.1, 0.15) is 23.0 Å². The molecule has 3 rings (SSSR count). The number of benzene rings is 1. The monoisotopic (exact) mass is 262 g/mol. The van der Waals surface area contributed by atoms with Crippen LogP contribution in [0.4, 0.5) is 0 Å². The standard InChI is InChI=1S/C14H11ClO3/c1-8-6-13-11(14(16)17-8)7-12(18-13)9-2-4-10(15)5-3-9/h2-6,12H,7H2,1H3. The number of fused-ring (bicyclic) bond motifs is 1. The Morgan fingerprint density at radius 1 is 1.28 bits per heavy atom. The zero-order chi connectivity index (χ0) is 12.7. The molecule has 0 radical (unpaired) electrons. The molecule has 0 N–H and O–H groups in total. The van der Waals surface area contributed by atoms with E-state index in [1.54, 1.807) is 13.0 Å². The summed E-state index contributed by atoms with van der Waals surface area (Å²) in [6, 6.07) is 9.21. The third-order valence-electron chi connectivity index (χ3n) is 3.03. The third-order valence-corrected chi connectivity index (χ3v) is 3.28. The minimum atomic E-state index is -0.304. The van der Waals surface area contributed by atoms with Crippen molar-refractivity contribution in [1.82, 2.24) is 0 Å². The summed E-state index contributed by atoms with van der Waals surface area (Å²) in [7, 11) is 0. The summed E-state index contributed by atoms with van der Waals surface area (Å²) in [6.07, 6.45) is 0.404. The Kier molecular flexibility index (Phi) is 2.63. The summed E-state index contributed by atoms with van der Waals surface area (Å²) in [5.41, 5.74) is 1.31. The molecule has 1 aromatic heterocycles. The summed E-state index contributed by atoms with van der Waals surface area (Å²) in [5.74, 6) is 1.19. The van der Waals surface area contributed by atoms with Crippen molar-refractivity contribution >= 4 is 11.6 Å². The van der Waals surface area contributed by atoms with Gasteiger partial charge in [-0.15, -0.1) is 0 Å². The summed E-state index contributed by atoms with van der Waals surface area (Å²) >= 11 is 5.85. The molecule has 1 unspecified atom stereocenters. The van der Waals surface area contributed by atoms with E-state index in [-0.39, 0.29) is 11.7 Å². The van der Waals surface area contributed by atoms with Crippen LogP contribution in [0.25, 0.3) is 0 Å². The van der Waals surface area contributed by atoms with Gasteiger partial charge in [0.15, 0.2) is 0 Å². The normalized spacial score (nSPS) is 17.3. The van der Waals surface area contributed by atoms with Crippen molar-refractivity contribution in [1.29, 1.82) is 0 Å². The van der Waals surface area contributed by atoms with Crippen LogP contribution < -0.4 is 10.4 Å². The highest BCUT2D eigenvalue weighted by Crippen LogP contribution is 2.35. The molecule has 1 aliphatic rings. The lowest BCUT2D eigenvalue weighted by atomic mass is 10.0. The first-order valence-electron chi connectivity index (χ1n) is 5.69. The molecule has 2 aromatic rings. The second kappa shape index (κ2) is 4.18. The fourth-order valence-corrected chi connectivity index (χ4v) is 2.27. The van der Waals surface area contributed by atoms with Crippen LogP contribution in [-0.4, -0.2) is 0 Å². The molecular weight excluding hydrogens is 252 g/mol. The average molecular weight is 263 g/mol. The van der Waals surface area contributed by atoms with Crippen molar-refractivity contribution in [2.75, 3.05) is 0 Å². The van der Waals surface area contributed by atoms with Gasteiger partial charge in [-0.3, -0.25) is 0 Å². The zero-order valence-electron chi connectivity index (χ0n) is 9.77. The highest BCUT2D eigenvalue weighted by Gasteiger charge is 2.28. The number of rotatable bonds is 1. The summed E-state index contributed by atoms with van der Waals surface area (Å²) in [5, 5.41) is 0.685. The van der Waals surface area contributed by atoms with Gasteiger partial charge >= 0.3 is 5.63 Å². The number of aryl methyl sites for hydroxylation is 1. The molecule has 3 nitrogen and oxygen atoms in total. The molecule has 2 heterocycles. The van der Waals surface area contributed by atoms with Crippen molar-refractivity contribution < 1.29 is 9.15 Å². The van der Waals surface area contributed by atoms with Gasteiger partial charge in [-0.25, -0.2) is 4.79 Å². The Hall–Kier alpha value is -1.74. The van der Waals surface area contributed by atoms with Crippen molar-refractivity contribution in [3.8, 4) is 5.75 Å². The minimum Gasteiger partial charge on any atom is -0.485 e. The van der Waals surface area contributed by atoms with Gasteiger partial charge in [-0.05, 0) is 24.6 Å². The molecule has 1 aliphatic heterocycles. The van der Waals surface area contributed by atoms with Crippen molar-refractivity contribution in [2.24, 2.45) is 0 Å². The predicted octanol–water partition coefficient (Wildman–Crippen LogP) is 3.28. The number of ether oxygens (including phenoxy) is 1. The zero-order valence-corrected chi connectivity index (χ0v) is 10.5. The van der Waals surface area contributed by atoms with Crippen molar-refractivity contribution in [3.05, 3.63) is 62.7 Å². The second-order valence-electron chi connectivity index (χ2n) is 4.35. The predicted molar refractivity (Wildman–Crippen MR) is 68.2 cm³/mol. The first-order chi connectivity index (χ1) is 8.63. The third kappa shape index (κ3) is 1.91. The van der Waals surface area contributed by atoms with E-state index in [2.05, 4.69) is 0 Å². The Balaban J connectivity index is 1.95. The maximum atomic E-state index is 11.7. The van der Waals surface area contributed by atoms with E-state index in [1.807, 2.05) is 24.3 Å². The smallest absolute Gasteiger partial charge is 0.343 e. The molecule has 0 saturated carbocycles. The van der Waals surface area contributed by atoms with Gasteiger partial charge in [-0.1, -0.05) is 23.7 Å². The van der Waals surface area contributed by atoms with Gasteiger partial charge in [0.25, 0.3) is 0 Å². The number of hydrogen-bond donors (Lipinski definition) is 0. The molecule has 18 heavy (non-hydrogen) atoms. The van der Waals surface area contributed by atoms with Gasteiger partial charge in [0.05, 0.1) is 5.56 Å². The molecule has 1 atom stereocenters. The maximum Gasteiger partial charge on any atom is 0.343 e. The lowest BCUT2D eigenvalue weighted by Gasteiger charge is -2.10. The van der Waals surface area contributed by atoms with Gasteiger partial charge in [-0.2, -0.15) is 0 Å². The number of hydrogen-bond acceptors (Lipinski definition) is 3. The molecule has 0 aliphatic carbocycles. The molecule has 0 fully saturated rings. The van der Waals surface area contributed by atoms with Crippen LogP contribution in [0, 0.1) is 6.92 Å². The second-order valence-corrected chi connectivity index (χ2v) is 4.79. The molecule has 0 bridgehead atoms. The van der Waals surface area contributed by atoms with Crippen LogP contribution in [0.15, 0.2) is 39.5 Å². The fourth-order valence-electron chi connectivity index (χ4n) is 2.14. The summed E-state index contributed by atoms with van der Waals surface area (Å²) < 4.78 is 10.9. The molecule has 4 heteroatoms. The molecule has 1 aromatic carbocycles. The average Bonchev–Trinajstić information content (AvgIpc) is 2.74. The van der Waals surface area contributed by atoms with Crippen LogP contribution in [-0.2, 0) is 6.42 Å². The number of halogens is 1. The quantitative estimate of drug-likeness (QED) is 0.792. The Labute approximate surface area is 109 Å². The van der Waals surface area contributed by atoms with E-state index >= 15 is 0 Å². The lowest BCUT2D eigenvalue weighted by molar-refractivity contribution is 0.238. The Bertz CT molecular complexity index is 643. The first-order valence-corrected chi connectivity index (χ1v) is 6.07. The summed E-state index contributed by atoms with van der Waals surface area (Å²) in [4.78, 5) is 11.7. The van der Waals surface area contributed by atoms with E-state index in [0.29, 0.717) is 28.5 Å². The van der Waals surface area contributed by atoms with E-state index in [1.165, 1.54) is 0 Å². The maximum absolute atomic E-state index is 11.7. The largest absolute Gasteiger partial charge is 0.485 e. The fraction of sp³-hybridized carbons (Fsp3) is 0.214. The SMILES string of the molecule is Cc1cc2c(c(=O)o1)CC(c1ccc(Cl)cc1)O2. The van der Waals surface area contributed by atoms with Crippen molar-refractivity contribution in [2.45, 2.75) is 19.4 Å². The molecule has 0 saturated heterocycles. The Morgan fingerprint density at radius 2 is 2.00 bits per heavy atom. The minimum absolute atomic E-state index is 0.137. The van der Waals surface area contributed by atoms with Crippen LogP contribution in [0.2, 0.25) is 5.02 Å². The van der Waals surface area contributed by atoms with Gasteiger partial charge in [0.1, 0.15) is 17.6 Å². The molecule has 92 valence electrons.